The number of carbonyl (C=O) groups excluding carboxylic acids is 1. The topological polar surface area (TPSA) is 138 Å². The Morgan fingerprint density at radius 3 is 2.28 bits per heavy atom. The maximum Gasteiger partial charge on any atom is 0.336 e. The van der Waals surface area contributed by atoms with Crippen LogP contribution in [-0.2, 0) is 23.9 Å². The quantitative estimate of drug-likeness (QED) is 0.442. The molecule has 1 aliphatic rings. The molecule has 0 aliphatic heterocycles. The number of carbonyl (C=O) groups is 4. The van der Waals surface area contributed by atoms with Crippen molar-refractivity contribution in [1.29, 1.82) is 0 Å². The normalized spacial score (nSPS) is 20.1. The Hall–Kier alpha value is -2.90. The molecule has 0 heterocycles. The molecule has 8 heteroatoms. The first-order valence-corrected chi connectivity index (χ1v) is 7.36. The van der Waals surface area contributed by atoms with E-state index in [1.165, 1.54) is 6.08 Å². The summed E-state index contributed by atoms with van der Waals surface area (Å²) in [6.07, 6.45) is 2.65. The van der Waals surface area contributed by atoms with Gasteiger partial charge in [0.15, 0.2) is 0 Å². The van der Waals surface area contributed by atoms with Crippen LogP contribution in [0, 0.1) is 10.8 Å². The van der Waals surface area contributed by atoms with E-state index in [1.54, 1.807) is 13.8 Å². The Morgan fingerprint density at radius 2 is 1.84 bits per heavy atom. The molecule has 0 fully saturated rings. The van der Waals surface area contributed by atoms with Crippen molar-refractivity contribution in [2.45, 2.75) is 26.7 Å². The van der Waals surface area contributed by atoms with E-state index in [2.05, 4.69) is 6.58 Å². The van der Waals surface area contributed by atoms with E-state index in [-0.39, 0.29) is 13.0 Å². The smallest absolute Gasteiger partial charge is 0.336 e. The van der Waals surface area contributed by atoms with Crippen molar-refractivity contribution in [3.05, 3.63) is 36.0 Å². The van der Waals surface area contributed by atoms with Crippen molar-refractivity contribution in [1.82, 2.24) is 0 Å². The zero-order chi connectivity index (χ0) is 19.4. The molecule has 0 aromatic heterocycles. The van der Waals surface area contributed by atoms with Gasteiger partial charge in [-0.15, -0.1) is 0 Å². The standard InChI is InChI=1S/C17H20O8/c1-4-12(18)25-9-16(2,3)8-17(15(23)24)6-5-10(13(19)20)11(7-17)14(21)22/h4-6H,1,7-9H2,2-3H3,(H,19,20)(H,21,22)(H,23,24). The zero-order valence-corrected chi connectivity index (χ0v) is 13.9. The van der Waals surface area contributed by atoms with Crippen LogP contribution in [0.4, 0.5) is 0 Å². The predicted molar refractivity (Wildman–Crippen MR) is 85.7 cm³/mol. The molecule has 0 radical (unpaired) electrons. The average molecular weight is 352 g/mol. The molecular formula is C17H20O8. The number of ether oxygens (including phenoxy) is 1. The Kier molecular flexibility index (Phi) is 5.91. The average Bonchev–Trinajstić information content (AvgIpc) is 2.51. The van der Waals surface area contributed by atoms with Gasteiger partial charge in [-0.3, -0.25) is 4.79 Å². The fourth-order valence-corrected chi connectivity index (χ4v) is 2.78. The Bertz CT molecular complexity index is 683. The Labute approximate surface area is 144 Å². The van der Waals surface area contributed by atoms with Gasteiger partial charge in [-0.2, -0.15) is 0 Å². The summed E-state index contributed by atoms with van der Waals surface area (Å²) >= 11 is 0. The van der Waals surface area contributed by atoms with E-state index in [0.29, 0.717) is 0 Å². The van der Waals surface area contributed by atoms with Crippen LogP contribution in [0.25, 0.3) is 0 Å². The third kappa shape index (κ3) is 4.79. The van der Waals surface area contributed by atoms with Gasteiger partial charge in [0, 0.05) is 17.9 Å². The first-order valence-electron chi connectivity index (χ1n) is 7.36. The van der Waals surface area contributed by atoms with Crippen molar-refractivity contribution in [3.63, 3.8) is 0 Å². The lowest BCUT2D eigenvalue weighted by atomic mass is 9.67. The molecule has 1 unspecified atom stereocenters. The molecule has 1 rings (SSSR count). The molecule has 0 saturated carbocycles. The molecule has 3 N–H and O–H groups in total. The van der Waals surface area contributed by atoms with Crippen LogP contribution in [0.5, 0.6) is 0 Å². The van der Waals surface area contributed by atoms with E-state index in [4.69, 9.17) is 9.84 Å². The monoisotopic (exact) mass is 352 g/mol. The number of aliphatic carboxylic acids is 3. The summed E-state index contributed by atoms with van der Waals surface area (Å²) in [5.74, 6) is -4.86. The highest BCUT2D eigenvalue weighted by Crippen LogP contribution is 2.44. The number of hydrogen-bond acceptors (Lipinski definition) is 5. The minimum Gasteiger partial charge on any atom is -0.481 e. The summed E-state index contributed by atoms with van der Waals surface area (Å²) in [6, 6.07) is 0. The molecule has 8 nitrogen and oxygen atoms in total. The van der Waals surface area contributed by atoms with Gasteiger partial charge in [0.25, 0.3) is 0 Å². The van der Waals surface area contributed by atoms with E-state index < -0.39 is 52.3 Å². The number of carboxylic acids is 3. The van der Waals surface area contributed by atoms with Gasteiger partial charge in [0.05, 0.1) is 23.2 Å². The summed E-state index contributed by atoms with van der Waals surface area (Å²) in [5, 5.41) is 28.0. The summed E-state index contributed by atoms with van der Waals surface area (Å²) in [5.41, 5.74) is -3.33. The molecular weight excluding hydrogens is 332 g/mol. The fraction of sp³-hybridized carbons (Fsp3) is 0.412. The lowest BCUT2D eigenvalue weighted by Crippen LogP contribution is -2.39. The van der Waals surface area contributed by atoms with Crippen molar-refractivity contribution >= 4 is 23.9 Å². The van der Waals surface area contributed by atoms with Crippen LogP contribution >= 0.6 is 0 Å². The summed E-state index contributed by atoms with van der Waals surface area (Å²) in [6.45, 7) is 6.50. The third-order valence-electron chi connectivity index (χ3n) is 3.87. The first kappa shape index (κ1) is 20.1. The van der Waals surface area contributed by atoms with Gasteiger partial charge in [-0.05, 0) is 12.5 Å². The second kappa shape index (κ2) is 7.33. The molecule has 0 bridgehead atoms. The molecule has 0 aromatic rings. The van der Waals surface area contributed by atoms with Crippen molar-refractivity contribution in [2.24, 2.45) is 10.8 Å². The number of hydrogen-bond donors (Lipinski definition) is 3. The number of carboxylic acid groups (broad SMARTS) is 3. The minimum atomic E-state index is -1.61. The fourth-order valence-electron chi connectivity index (χ4n) is 2.78. The van der Waals surface area contributed by atoms with Crippen molar-refractivity contribution < 1.29 is 39.2 Å². The molecule has 136 valence electrons. The van der Waals surface area contributed by atoms with Gasteiger partial charge < -0.3 is 20.1 Å². The van der Waals surface area contributed by atoms with Gasteiger partial charge in [-0.1, -0.05) is 26.5 Å². The highest BCUT2D eigenvalue weighted by Gasteiger charge is 2.45. The molecule has 0 spiro atoms. The number of esters is 1. The second-order valence-electron chi connectivity index (χ2n) is 6.63. The van der Waals surface area contributed by atoms with Gasteiger partial charge in [0.1, 0.15) is 0 Å². The lowest BCUT2D eigenvalue weighted by molar-refractivity contribution is -0.149. The lowest BCUT2D eigenvalue weighted by Gasteiger charge is -2.36. The van der Waals surface area contributed by atoms with Gasteiger partial charge in [0.2, 0.25) is 0 Å². The molecule has 1 atom stereocenters. The zero-order valence-electron chi connectivity index (χ0n) is 13.9. The molecule has 0 amide bonds. The summed E-state index contributed by atoms with van der Waals surface area (Å²) < 4.78 is 4.96. The molecule has 0 aromatic carbocycles. The van der Waals surface area contributed by atoms with E-state index in [0.717, 1.165) is 12.2 Å². The minimum absolute atomic E-state index is 0.0556. The summed E-state index contributed by atoms with van der Waals surface area (Å²) in [4.78, 5) is 45.6. The Balaban J connectivity index is 3.16. The predicted octanol–water partition coefficient (Wildman–Crippen LogP) is 1.63. The largest absolute Gasteiger partial charge is 0.481 e. The van der Waals surface area contributed by atoms with Crippen molar-refractivity contribution in [3.8, 4) is 0 Å². The SMILES string of the molecule is C=CC(=O)OCC(C)(C)CC1(C(=O)O)C=CC(C(=O)O)=C(C(=O)O)C1. The summed E-state index contributed by atoms with van der Waals surface area (Å²) in [7, 11) is 0. The van der Waals surface area contributed by atoms with Crippen LogP contribution in [0.2, 0.25) is 0 Å². The van der Waals surface area contributed by atoms with Crippen LogP contribution < -0.4 is 0 Å². The molecule has 0 saturated heterocycles. The maximum atomic E-state index is 11.9. The van der Waals surface area contributed by atoms with Crippen LogP contribution in [0.3, 0.4) is 0 Å². The van der Waals surface area contributed by atoms with E-state index in [1.807, 2.05) is 0 Å². The van der Waals surface area contributed by atoms with Crippen molar-refractivity contribution in [2.75, 3.05) is 6.61 Å². The third-order valence-corrected chi connectivity index (χ3v) is 3.87. The molecule has 1 aliphatic carbocycles. The maximum absolute atomic E-state index is 11.9. The van der Waals surface area contributed by atoms with Crippen LogP contribution in [-0.4, -0.2) is 45.8 Å². The van der Waals surface area contributed by atoms with E-state index >= 15 is 0 Å². The van der Waals surface area contributed by atoms with Crippen LogP contribution in [0.15, 0.2) is 36.0 Å². The van der Waals surface area contributed by atoms with E-state index in [9.17, 15) is 29.4 Å². The van der Waals surface area contributed by atoms with Gasteiger partial charge in [-0.25, -0.2) is 14.4 Å². The highest BCUT2D eigenvalue weighted by molar-refractivity contribution is 6.02. The highest BCUT2D eigenvalue weighted by atomic mass is 16.5. The first-order chi connectivity index (χ1) is 11.4. The second-order valence-corrected chi connectivity index (χ2v) is 6.63. The van der Waals surface area contributed by atoms with Gasteiger partial charge >= 0.3 is 23.9 Å². The van der Waals surface area contributed by atoms with Crippen LogP contribution in [0.1, 0.15) is 26.7 Å². The molecule has 25 heavy (non-hydrogen) atoms. The number of rotatable bonds is 8. The Morgan fingerprint density at radius 1 is 1.24 bits per heavy atom.